The van der Waals surface area contributed by atoms with Crippen molar-refractivity contribution in [3.8, 4) is 5.75 Å². The summed E-state index contributed by atoms with van der Waals surface area (Å²) in [5, 5.41) is 22.0. The number of nitrogens with zero attached hydrogens (tertiary/aromatic N) is 5. The number of ether oxygens (including phenoxy) is 2. The number of morpholine rings is 1. The number of methoxy groups -OCH3 is 1. The van der Waals surface area contributed by atoms with Crippen molar-refractivity contribution in [1.82, 2.24) is 24.4 Å². The minimum atomic E-state index is -0.339. The molecule has 2 atom stereocenters. The summed E-state index contributed by atoms with van der Waals surface area (Å²) in [5.74, 6) is 1.45. The Kier molecular flexibility index (Phi) is 6.92. The molecule has 1 fully saturated rings. The molecule has 0 aliphatic carbocycles. The number of anilines is 1. The monoisotopic (exact) mass is 428 g/mol. The van der Waals surface area contributed by atoms with E-state index in [2.05, 4.69) is 25.2 Å². The molecule has 0 saturated carbocycles. The third kappa shape index (κ3) is 4.93. The van der Waals surface area contributed by atoms with Crippen LogP contribution in [0.2, 0.25) is 0 Å². The Hall–Kier alpha value is -2.79. The number of aliphatic hydroxyl groups excluding tert-OH is 2. The molecule has 0 amide bonds. The maximum Gasteiger partial charge on any atom is 0.167 e. The fraction of sp³-hybridized carbons (Fsp3) is 0.476. The summed E-state index contributed by atoms with van der Waals surface area (Å²) < 4.78 is 13.2. The number of aliphatic hydroxyl groups is 2. The number of imidazole rings is 1. The van der Waals surface area contributed by atoms with E-state index in [4.69, 9.17) is 14.6 Å². The van der Waals surface area contributed by atoms with Gasteiger partial charge >= 0.3 is 0 Å². The lowest BCUT2D eigenvalue weighted by Crippen LogP contribution is -2.46. The van der Waals surface area contributed by atoms with Crippen LogP contribution >= 0.6 is 0 Å². The number of rotatable bonds is 9. The van der Waals surface area contributed by atoms with E-state index < -0.39 is 0 Å². The second-order valence-electron chi connectivity index (χ2n) is 7.49. The molecule has 3 heterocycles. The zero-order chi connectivity index (χ0) is 21.6. The molecule has 3 aromatic rings. The molecule has 166 valence electrons. The number of hydrogen-bond donors (Lipinski definition) is 3. The number of nitrogens with one attached hydrogen (secondary N) is 1. The summed E-state index contributed by atoms with van der Waals surface area (Å²) in [6.07, 6.45) is 3.17. The van der Waals surface area contributed by atoms with Crippen LogP contribution in [0.4, 0.5) is 5.82 Å². The van der Waals surface area contributed by atoms with Gasteiger partial charge in [-0.05, 0) is 24.1 Å². The van der Waals surface area contributed by atoms with Crippen LogP contribution in [0.15, 0.2) is 36.9 Å². The molecule has 0 radical (unpaired) electrons. The van der Waals surface area contributed by atoms with Gasteiger partial charge in [0.05, 0.1) is 26.1 Å². The van der Waals surface area contributed by atoms with Crippen LogP contribution in [0.1, 0.15) is 18.2 Å². The second kappa shape index (κ2) is 10.0. The van der Waals surface area contributed by atoms with Gasteiger partial charge in [0.25, 0.3) is 0 Å². The van der Waals surface area contributed by atoms with Gasteiger partial charge in [0.2, 0.25) is 0 Å². The van der Waals surface area contributed by atoms with E-state index >= 15 is 0 Å². The van der Waals surface area contributed by atoms with E-state index in [1.807, 2.05) is 28.8 Å². The van der Waals surface area contributed by atoms with Gasteiger partial charge < -0.3 is 25.0 Å². The Morgan fingerprint density at radius 2 is 2.00 bits per heavy atom. The number of aromatic nitrogens is 4. The normalized spacial score (nSPS) is 19.6. The molecular formula is C21H28N6O4. The second-order valence-corrected chi connectivity index (χ2v) is 7.49. The minimum absolute atomic E-state index is 0.0643. The smallest absolute Gasteiger partial charge is 0.167 e. The Morgan fingerprint density at radius 3 is 2.74 bits per heavy atom. The van der Waals surface area contributed by atoms with Gasteiger partial charge in [0.15, 0.2) is 17.0 Å². The van der Waals surface area contributed by atoms with Gasteiger partial charge in [-0.3, -0.25) is 9.47 Å². The first-order chi connectivity index (χ1) is 15.2. The average Bonchev–Trinajstić information content (AvgIpc) is 3.24. The van der Waals surface area contributed by atoms with Crippen molar-refractivity contribution in [1.29, 1.82) is 0 Å². The van der Waals surface area contributed by atoms with Gasteiger partial charge in [-0.15, -0.1) is 0 Å². The zero-order valence-corrected chi connectivity index (χ0v) is 17.5. The first kappa shape index (κ1) is 21.4. The van der Waals surface area contributed by atoms with Crippen molar-refractivity contribution in [3.63, 3.8) is 0 Å². The fourth-order valence-corrected chi connectivity index (χ4v) is 3.74. The standard InChI is InChI=1S/C21H28N6O4/c1-30-16-5-3-15(4-6-16)9-26-10-17(12-29)31-18(11-26)27-14-25-19-20(22-7-2-8-28)23-13-24-21(19)27/h3-6,13-14,17-18,28-29H,2,7-12H2,1H3,(H,22,23,24)/t17-,18+/m0/s1. The Labute approximate surface area is 180 Å². The Balaban J connectivity index is 1.53. The van der Waals surface area contributed by atoms with Crippen molar-refractivity contribution in [3.05, 3.63) is 42.5 Å². The highest BCUT2D eigenvalue weighted by molar-refractivity contribution is 5.82. The zero-order valence-electron chi connectivity index (χ0n) is 17.5. The van der Waals surface area contributed by atoms with Crippen molar-refractivity contribution >= 4 is 17.0 Å². The molecule has 10 nitrogen and oxygen atoms in total. The van der Waals surface area contributed by atoms with Crippen LogP contribution < -0.4 is 10.1 Å². The molecule has 0 unspecified atom stereocenters. The van der Waals surface area contributed by atoms with Gasteiger partial charge in [-0.1, -0.05) is 12.1 Å². The first-order valence-electron chi connectivity index (χ1n) is 10.4. The predicted molar refractivity (Wildman–Crippen MR) is 115 cm³/mol. The predicted octanol–water partition coefficient (Wildman–Crippen LogP) is 1.02. The van der Waals surface area contributed by atoms with Crippen LogP contribution in [-0.4, -0.2) is 80.7 Å². The van der Waals surface area contributed by atoms with E-state index in [-0.39, 0.29) is 25.5 Å². The van der Waals surface area contributed by atoms with E-state index in [9.17, 15) is 5.11 Å². The molecule has 1 aromatic carbocycles. The van der Waals surface area contributed by atoms with Crippen molar-refractivity contribution in [2.75, 3.05) is 45.3 Å². The lowest BCUT2D eigenvalue weighted by atomic mass is 10.1. The first-order valence-corrected chi connectivity index (χ1v) is 10.4. The van der Waals surface area contributed by atoms with E-state index in [0.717, 1.165) is 17.9 Å². The lowest BCUT2D eigenvalue weighted by Gasteiger charge is -2.37. The average molecular weight is 428 g/mol. The maximum atomic E-state index is 9.79. The largest absolute Gasteiger partial charge is 0.497 e. The van der Waals surface area contributed by atoms with Crippen LogP contribution in [0, 0.1) is 0 Å². The highest BCUT2D eigenvalue weighted by Crippen LogP contribution is 2.26. The summed E-state index contributed by atoms with van der Waals surface area (Å²) in [4.78, 5) is 15.4. The molecule has 4 rings (SSSR count). The van der Waals surface area contributed by atoms with E-state index in [0.29, 0.717) is 43.0 Å². The van der Waals surface area contributed by atoms with E-state index in [1.165, 1.54) is 6.33 Å². The molecule has 0 bridgehead atoms. The third-order valence-electron chi connectivity index (χ3n) is 5.29. The Morgan fingerprint density at radius 1 is 1.16 bits per heavy atom. The highest BCUT2D eigenvalue weighted by Gasteiger charge is 2.30. The number of fused-ring (bicyclic) bond motifs is 1. The van der Waals surface area contributed by atoms with Crippen molar-refractivity contribution < 1.29 is 19.7 Å². The van der Waals surface area contributed by atoms with Gasteiger partial charge in [-0.25, -0.2) is 15.0 Å². The van der Waals surface area contributed by atoms with Gasteiger partial charge in [0, 0.05) is 32.8 Å². The van der Waals surface area contributed by atoms with Crippen LogP contribution in [0.3, 0.4) is 0 Å². The summed E-state index contributed by atoms with van der Waals surface area (Å²) >= 11 is 0. The molecule has 1 aliphatic heterocycles. The summed E-state index contributed by atoms with van der Waals surface area (Å²) in [6.45, 7) is 2.64. The number of benzene rings is 1. The van der Waals surface area contributed by atoms with Crippen LogP contribution in [0.5, 0.6) is 5.75 Å². The van der Waals surface area contributed by atoms with Gasteiger partial charge in [-0.2, -0.15) is 0 Å². The molecule has 2 aromatic heterocycles. The molecular weight excluding hydrogens is 400 g/mol. The molecule has 10 heteroatoms. The number of hydrogen-bond acceptors (Lipinski definition) is 9. The molecule has 1 saturated heterocycles. The maximum absolute atomic E-state index is 9.79. The van der Waals surface area contributed by atoms with Crippen molar-refractivity contribution in [2.24, 2.45) is 0 Å². The Bertz CT molecular complexity index is 980. The fourth-order valence-electron chi connectivity index (χ4n) is 3.74. The quantitative estimate of drug-likeness (QED) is 0.429. The molecule has 0 spiro atoms. The summed E-state index contributed by atoms with van der Waals surface area (Å²) in [5.41, 5.74) is 2.47. The van der Waals surface area contributed by atoms with Crippen LogP contribution in [-0.2, 0) is 11.3 Å². The molecule has 1 aliphatic rings. The molecule has 3 N–H and O–H groups in total. The highest BCUT2D eigenvalue weighted by atomic mass is 16.5. The lowest BCUT2D eigenvalue weighted by molar-refractivity contribution is -0.135. The SMILES string of the molecule is COc1ccc(CN2C[C@@H](CO)O[C@@H](n3cnc4c(NCCCO)ncnc43)C2)cc1. The summed E-state index contributed by atoms with van der Waals surface area (Å²) in [6, 6.07) is 7.98. The van der Waals surface area contributed by atoms with Crippen LogP contribution in [0.25, 0.3) is 11.2 Å². The molecule has 31 heavy (non-hydrogen) atoms. The van der Waals surface area contributed by atoms with E-state index in [1.54, 1.807) is 13.4 Å². The minimum Gasteiger partial charge on any atom is -0.497 e. The van der Waals surface area contributed by atoms with Crippen molar-refractivity contribution in [2.45, 2.75) is 25.3 Å². The summed E-state index contributed by atoms with van der Waals surface area (Å²) in [7, 11) is 1.65. The topological polar surface area (TPSA) is 118 Å². The van der Waals surface area contributed by atoms with Gasteiger partial charge in [0.1, 0.15) is 18.3 Å². The third-order valence-corrected chi connectivity index (χ3v) is 5.29.